The van der Waals surface area contributed by atoms with Gasteiger partial charge < -0.3 is 21.3 Å². The van der Waals surface area contributed by atoms with Gasteiger partial charge in [0.15, 0.2) is 0 Å². The maximum Gasteiger partial charge on any atom is 0.257 e. The number of carbonyl (C=O) groups is 2. The molecule has 0 saturated carbocycles. The minimum Gasteiger partial charge on any atom is -0.369 e. The Labute approximate surface area is 166 Å². The van der Waals surface area contributed by atoms with Crippen LogP contribution in [0.4, 0.5) is 25.8 Å². The molecule has 0 aliphatic carbocycles. The van der Waals surface area contributed by atoms with E-state index in [4.69, 9.17) is 5.73 Å². The Hall–Kier alpha value is -3.42. The molecule has 0 spiro atoms. The highest BCUT2D eigenvalue weighted by atomic mass is 19.1. The molecule has 0 bridgehead atoms. The topological polar surface area (TPSA) is 87.5 Å². The van der Waals surface area contributed by atoms with Crippen LogP contribution in [0.25, 0.3) is 5.57 Å². The van der Waals surface area contributed by atoms with Crippen LogP contribution in [0.2, 0.25) is 0 Å². The third-order valence-corrected chi connectivity index (χ3v) is 5.33. The largest absolute Gasteiger partial charge is 0.369 e. The molecule has 0 aromatic heterocycles. The number of halogens is 2. The van der Waals surface area contributed by atoms with Gasteiger partial charge >= 0.3 is 0 Å². The molecule has 1 saturated heterocycles. The first-order valence-electron chi connectivity index (χ1n) is 9.34. The maximum absolute atomic E-state index is 14.6. The van der Waals surface area contributed by atoms with Gasteiger partial charge in [0.1, 0.15) is 11.6 Å². The predicted molar refractivity (Wildman–Crippen MR) is 107 cm³/mol. The first-order valence-corrected chi connectivity index (χ1v) is 9.34. The van der Waals surface area contributed by atoms with E-state index in [1.165, 1.54) is 30.5 Å². The second-order valence-electron chi connectivity index (χ2n) is 7.18. The van der Waals surface area contributed by atoms with Gasteiger partial charge in [-0.3, -0.25) is 9.59 Å². The standard InChI is InChI=1S/C21H20F2N4O2/c22-13-1-3-15-16(21(29)26-18(15)9-13)11-25-14-2-4-19(17(23)10-14)27-7-5-12(6-8-27)20(24)28/h1-4,9-12,25H,5-8H2,(H2,24,28)(H,26,29). The van der Waals surface area contributed by atoms with Crippen LogP contribution in [0.1, 0.15) is 18.4 Å². The van der Waals surface area contributed by atoms with Crippen molar-refractivity contribution in [2.75, 3.05) is 28.6 Å². The fraction of sp³-hybridized carbons (Fsp3) is 0.238. The van der Waals surface area contributed by atoms with Gasteiger partial charge in [-0.1, -0.05) is 0 Å². The molecule has 6 nitrogen and oxygen atoms in total. The molecule has 29 heavy (non-hydrogen) atoms. The lowest BCUT2D eigenvalue weighted by Gasteiger charge is -2.32. The second-order valence-corrected chi connectivity index (χ2v) is 7.18. The molecule has 1 fully saturated rings. The summed E-state index contributed by atoms with van der Waals surface area (Å²) in [5.74, 6) is -1.65. The summed E-state index contributed by atoms with van der Waals surface area (Å²) in [6.07, 6.45) is 2.69. The van der Waals surface area contributed by atoms with E-state index in [0.29, 0.717) is 54.1 Å². The van der Waals surface area contributed by atoms with Crippen LogP contribution < -0.4 is 21.3 Å². The number of benzene rings is 2. The summed E-state index contributed by atoms with van der Waals surface area (Å²) in [6.45, 7) is 1.13. The average molecular weight is 398 g/mol. The lowest BCUT2D eigenvalue weighted by molar-refractivity contribution is -0.122. The molecule has 8 heteroatoms. The monoisotopic (exact) mass is 398 g/mol. The van der Waals surface area contributed by atoms with Crippen LogP contribution >= 0.6 is 0 Å². The van der Waals surface area contributed by atoms with Crippen LogP contribution in [-0.4, -0.2) is 24.9 Å². The van der Waals surface area contributed by atoms with Crippen LogP contribution in [0.5, 0.6) is 0 Å². The van der Waals surface area contributed by atoms with E-state index >= 15 is 0 Å². The lowest BCUT2D eigenvalue weighted by atomic mass is 9.96. The molecule has 4 rings (SSSR count). The minimum absolute atomic E-state index is 0.157. The van der Waals surface area contributed by atoms with E-state index in [1.54, 1.807) is 12.1 Å². The fourth-order valence-electron chi connectivity index (χ4n) is 3.72. The van der Waals surface area contributed by atoms with E-state index < -0.39 is 11.6 Å². The number of hydrogen-bond acceptors (Lipinski definition) is 4. The number of hydrogen-bond donors (Lipinski definition) is 3. The first-order chi connectivity index (χ1) is 13.9. The van der Waals surface area contributed by atoms with E-state index in [2.05, 4.69) is 10.6 Å². The van der Waals surface area contributed by atoms with E-state index in [9.17, 15) is 18.4 Å². The van der Waals surface area contributed by atoms with Gasteiger partial charge in [0.05, 0.1) is 16.9 Å². The third-order valence-electron chi connectivity index (χ3n) is 5.33. The van der Waals surface area contributed by atoms with Crippen LogP contribution in [-0.2, 0) is 9.59 Å². The molecule has 2 aromatic rings. The zero-order chi connectivity index (χ0) is 20.5. The van der Waals surface area contributed by atoms with Crippen molar-refractivity contribution in [2.24, 2.45) is 11.7 Å². The van der Waals surface area contributed by atoms with Gasteiger partial charge in [0.2, 0.25) is 5.91 Å². The van der Waals surface area contributed by atoms with Crippen molar-refractivity contribution in [3.63, 3.8) is 0 Å². The van der Waals surface area contributed by atoms with Gasteiger partial charge in [0.25, 0.3) is 5.91 Å². The van der Waals surface area contributed by atoms with Crippen molar-refractivity contribution in [3.8, 4) is 0 Å². The fourth-order valence-corrected chi connectivity index (χ4v) is 3.72. The summed E-state index contributed by atoms with van der Waals surface area (Å²) in [4.78, 5) is 25.3. The summed E-state index contributed by atoms with van der Waals surface area (Å²) < 4.78 is 27.9. The molecule has 2 aliphatic rings. The molecular weight excluding hydrogens is 378 g/mol. The Balaban J connectivity index is 1.48. The smallest absolute Gasteiger partial charge is 0.257 e. The number of amides is 2. The molecule has 0 unspecified atom stereocenters. The van der Waals surface area contributed by atoms with Crippen molar-refractivity contribution in [2.45, 2.75) is 12.8 Å². The number of primary amides is 1. The Morgan fingerprint density at radius 2 is 1.93 bits per heavy atom. The molecule has 2 aromatic carbocycles. The van der Waals surface area contributed by atoms with Gasteiger partial charge in [-0.05, 0) is 49.2 Å². The maximum atomic E-state index is 14.6. The van der Waals surface area contributed by atoms with E-state index in [1.807, 2.05) is 4.90 Å². The lowest BCUT2D eigenvalue weighted by Crippen LogP contribution is -2.38. The summed E-state index contributed by atoms with van der Waals surface area (Å²) in [5.41, 5.74) is 7.62. The zero-order valence-electron chi connectivity index (χ0n) is 15.5. The molecule has 4 N–H and O–H groups in total. The van der Waals surface area contributed by atoms with Crippen molar-refractivity contribution in [1.29, 1.82) is 0 Å². The summed E-state index contributed by atoms with van der Waals surface area (Å²) in [7, 11) is 0. The molecule has 150 valence electrons. The van der Waals surface area contributed by atoms with Crippen molar-refractivity contribution >= 4 is 34.4 Å². The quantitative estimate of drug-likeness (QED) is 0.691. The highest BCUT2D eigenvalue weighted by molar-refractivity contribution is 6.31. The average Bonchev–Trinajstić information content (AvgIpc) is 3.00. The van der Waals surface area contributed by atoms with Gasteiger partial charge in [-0.15, -0.1) is 0 Å². The van der Waals surface area contributed by atoms with Crippen LogP contribution in [0.15, 0.2) is 42.6 Å². The Morgan fingerprint density at radius 3 is 2.62 bits per heavy atom. The zero-order valence-corrected chi connectivity index (χ0v) is 15.5. The highest BCUT2D eigenvalue weighted by Crippen LogP contribution is 2.32. The van der Waals surface area contributed by atoms with Gasteiger partial charge in [0, 0.05) is 36.5 Å². The van der Waals surface area contributed by atoms with Crippen molar-refractivity contribution in [1.82, 2.24) is 0 Å². The highest BCUT2D eigenvalue weighted by Gasteiger charge is 2.26. The molecule has 2 aliphatic heterocycles. The van der Waals surface area contributed by atoms with Gasteiger partial charge in [-0.2, -0.15) is 0 Å². The predicted octanol–water partition coefficient (Wildman–Crippen LogP) is 3.07. The molecule has 0 radical (unpaired) electrons. The summed E-state index contributed by atoms with van der Waals surface area (Å²) >= 11 is 0. The number of fused-ring (bicyclic) bond motifs is 1. The Kier molecular flexibility index (Phi) is 4.92. The Morgan fingerprint density at radius 1 is 1.17 bits per heavy atom. The number of rotatable bonds is 4. The SMILES string of the molecule is NC(=O)C1CCN(c2ccc(NC=C3C(=O)Nc4cc(F)ccc43)cc2F)CC1. The van der Waals surface area contributed by atoms with Crippen molar-refractivity contribution in [3.05, 3.63) is 59.8 Å². The van der Waals surface area contributed by atoms with E-state index in [0.717, 1.165) is 0 Å². The Bertz CT molecular complexity index is 1010. The minimum atomic E-state index is -0.434. The first kappa shape index (κ1) is 18.9. The summed E-state index contributed by atoms with van der Waals surface area (Å²) in [5, 5.41) is 5.53. The van der Waals surface area contributed by atoms with E-state index in [-0.39, 0.29) is 17.7 Å². The number of nitrogens with zero attached hydrogens (tertiary/aromatic N) is 1. The number of carbonyl (C=O) groups excluding carboxylic acids is 2. The number of nitrogens with two attached hydrogens (primary N) is 1. The van der Waals surface area contributed by atoms with Crippen LogP contribution in [0, 0.1) is 17.6 Å². The number of piperidine rings is 1. The molecule has 2 amide bonds. The van der Waals surface area contributed by atoms with Gasteiger partial charge in [-0.25, -0.2) is 8.78 Å². The second kappa shape index (κ2) is 7.54. The normalized spacial score (nSPS) is 17.9. The van der Waals surface area contributed by atoms with Crippen LogP contribution in [0.3, 0.4) is 0 Å². The number of anilines is 3. The molecule has 2 heterocycles. The number of nitrogens with one attached hydrogen (secondary N) is 2. The molecule has 0 atom stereocenters. The summed E-state index contributed by atoms with van der Waals surface area (Å²) in [6, 6.07) is 8.79. The van der Waals surface area contributed by atoms with Crippen molar-refractivity contribution < 1.29 is 18.4 Å². The third kappa shape index (κ3) is 3.78. The molecular formula is C21H20F2N4O2.